The second-order valence-electron chi connectivity index (χ2n) is 9.05. The summed E-state index contributed by atoms with van der Waals surface area (Å²) in [7, 11) is 0. The van der Waals surface area contributed by atoms with Crippen molar-refractivity contribution in [2.24, 2.45) is 10.8 Å². The number of rotatable bonds is 6. The summed E-state index contributed by atoms with van der Waals surface area (Å²) in [5, 5.41) is 6.44. The van der Waals surface area contributed by atoms with Gasteiger partial charge in [-0.05, 0) is 72.3 Å². The number of ether oxygens (including phenoxy) is 1. The Labute approximate surface area is 180 Å². The van der Waals surface area contributed by atoms with E-state index in [2.05, 4.69) is 63.9 Å². The van der Waals surface area contributed by atoms with Crippen molar-refractivity contribution in [2.45, 2.75) is 72.8 Å². The number of aryl methyl sites for hydroxylation is 1. The normalized spacial score (nSPS) is 23.7. The van der Waals surface area contributed by atoms with Crippen LogP contribution in [0.4, 0.5) is 4.79 Å². The van der Waals surface area contributed by atoms with Gasteiger partial charge in [0.25, 0.3) is 10.4 Å². The molecule has 2 N–H and O–H groups in total. The molecule has 0 aromatic heterocycles. The van der Waals surface area contributed by atoms with E-state index in [0.29, 0.717) is 11.7 Å². The van der Waals surface area contributed by atoms with Gasteiger partial charge in [-0.2, -0.15) is 0 Å². The lowest BCUT2D eigenvalue weighted by atomic mass is 9.62. The second-order valence-corrected chi connectivity index (χ2v) is 9.83. The van der Waals surface area contributed by atoms with Crippen LogP contribution in [-0.4, -0.2) is 23.0 Å². The molecule has 4 nitrogen and oxygen atoms in total. The van der Waals surface area contributed by atoms with Crippen molar-refractivity contribution in [3.05, 3.63) is 29.3 Å². The quantitative estimate of drug-likeness (QED) is 0.431. The van der Waals surface area contributed by atoms with Crippen LogP contribution in [0.2, 0.25) is 0 Å². The van der Waals surface area contributed by atoms with Crippen molar-refractivity contribution in [3.63, 3.8) is 0 Å². The van der Waals surface area contributed by atoms with E-state index in [4.69, 9.17) is 17.0 Å². The van der Waals surface area contributed by atoms with Crippen LogP contribution in [0, 0.1) is 10.8 Å². The smallest absolute Gasteiger partial charge is 0.276 e. The van der Waals surface area contributed by atoms with Crippen LogP contribution in [0.15, 0.2) is 18.2 Å². The van der Waals surface area contributed by atoms with Crippen LogP contribution in [-0.2, 0) is 12.8 Å². The van der Waals surface area contributed by atoms with Gasteiger partial charge in [0.2, 0.25) is 0 Å². The Morgan fingerprint density at radius 3 is 2.57 bits per heavy atom. The number of hydrogen-bond acceptors (Lipinski definition) is 3. The highest BCUT2D eigenvalue weighted by Gasteiger charge is 2.41. The van der Waals surface area contributed by atoms with E-state index >= 15 is 0 Å². The molecule has 1 aromatic rings. The van der Waals surface area contributed by atoms with Crippen LogP contribution in [0.3, 0.4) is 0 Å². The van der Waals surface area contributed by atoms with Gasteiger partial charge in [0.05, 0.1) is 0 Å². The van der Waals surface area contributed by atoms with E-state index in [1.807, 2.05) is 12.1 Å². The van der Waals surface area contributed by atoms with Gasteiger partial charge in [0, 0.05) is 12.6 Å². The number of thiol groups is 1. The molecule has 0 radical (unpaired) electrons. The number of hydrogen-bond donors (Lipinski definition) is 3. The van der Waals surface area contributed by atoms with Crippen LogP contribution in [0.5, 0.6) is 5.75 Å². The first-order valence-electron chi connectivity index (χ1n) is 10.1. The molecule has 1 amide bonds. The highest BCUT2D eigenvalue weighted by atomic mass is 32.1. The summed E-state index contributed by atoms with van der Waals surface area (Å²) in [4.78, 5) is 11.4. The molecule has 2 atom stereocenters. The molecule has 1 aromatic carbocycles. The SMILES string of the molecule is CCc1cccc(OC(=S)NCC2(C)CC(NC(=O)S)CC(C)(C)C2)c1CC. The molecule has 0 bridgehead atoms. The average Bonchev–Trinajstić information content (AvgIpc) is 2.57. The molecule has 0 spiro atoms. The number of benzene rings is 1. The third-order valence-electron chi connectivity index (χ3n) is 5.60. The van der Waals surface area contributed by atoms with Gasteiger partial charge < -0.3 is 15.4 Å². The number of thiocarbonyl (C=S) groups is 1. The lowest BCUT2D eigenvalue weighted by molar-refractivity contribution is 0.0778. The Morgan fingerprint density at radius 1 is 1.25 bits per heavy atom. The molecular formula is C22H34N2O2S2. The van der Waals surface area contributed by atoms with Crippen molar-refractivity contribution < 1.29 is 9.53 Å². The van der Waals surface area contributed by atoms with Crippen LogP contribution >= 0.6 is 24.8 Å². The van der Waals surface area contributed by atoms with E-state index in [9.17, 15) is 4.79 Å². The Balaban J connectivity index is 2.02. The maximum absolute atomic E-state index is 11.4. The summed E-state index contributed by atoms with van der Waals surface area (Å²) in [6.07, 6.45) is 4.80. The van der Waals surface area contributed by atoms with E-state index < -0.39 is 0 Å². The van der Waals surface area contributed by atoms with Crippen LogP contribution in [0.25, 0.3) is 0 Å². The minimum atomic E-state index is -0.264. The van der Waals surface area contributed by atoms with Gasteiger partial charge in [-0.25, -0.2) is 0 Å². The number of nitrogens with one attached hydrogen (secondary N) is 2. The van der Waals surface area contributed by atoms with Gasteiger partial charge in [0.15, 0.2) is 0 Å². The molecule has 1 aliphatic carbocycles. The van der Waals surface area contributed by atoms with Crippen molar-refractivity contribution >= 4 is 35.3 Å². The predicted molar refractivity (Wildman–Crippen MR) is 123 cm³/mol. The molecule has 1 aliphatic rings. The molecule has 0 heterocycles. The van der Waals surface area contributed by atoms with Gasteiger partial charge in [0.1, 0.15) is 5.75 Å². The van der Waals surface area contributed by atoms with Crippen LogP contribution in [0.1, 0.15) is 65.0 Å². The van der Waals surface area contributed by atoms with Crippen LogP contribution < -0.4 is 15.4 Å². The Hall–Kier alpha value is -1.27. The summed E-state index contributed by atoms with van der Waals surface area (Å²) in [6.45, 7) is 11.8. The molecule has 2 rings (SSSR count). The molecule has 28 heavy (non-hydrogen) atoms. The maximum Gasteiger partial charge on any atom is 0.276 e. The van der Waals surface area contributed by atoms with Gasteiger partial charge in [-0.1, -0.05) is 59.4 Å². The molecule has 156 valence electrons. The standard InChI is InChI=1S/C22H34N2O2S2/c1-6-15-9-8-10-18(17(15)7-2)26-20(28)23-14-22(5)12-16(24-19(25)27)11-21(3,4)13-22/h8-10,16H,6-7,11-14H2,1-5H3,(H,23,28)(H2,24,25,27). The lowest BCUT2D eigenvalue weighted by Crippen LogP contribution is -2.49. The Morgan fingerprint density at radius 2 is 1.96 bits per heavy atom. The first kappa shape index (κ1) is 23.0. The highest BCUT2D eigenvalue weighted by molar-refractivity contribution is 7.96. The number of carbonyl (C=O) groups is 1. The van der Waals surface area contributed by atoms with Crippen molar-refractivity contribution in [3.8, 4) is 5.75 Å². The van der Waals surface area contributed by atoms with E-state index in [-0.39, 0.29) is 22.1 Å². The maximum atomic E-state index is 11.4. The molecule has 0 aliphatic heterocycles. The zero-order valence-electron chi connectivity index (χ0n) is 17.7. The fourth-order valence-corrected chi connectivity index (χ4v) is 5.25. The van der Waals surface area contributed by atoms with Crippen molar-refractivity contribution in [1.29, 1.82) is 0 Å². The fourth-order valence-electron chi connectivity index (χ4n) is 4.91. The summed E-state index contributed by atoms with van der Waals surface area (Å²) < 4.78 is 6.00. The third kappa shape index (κ3) is 6.38. The van der Waals surface area contributed by atoms with Gasteiger partial charge >= 0.3 is 0 Å². The highest BCUT2D eigenvalue weighted by Crippen LogP contribution is 2.45. The molecule has 6 heteroatoms. The third-order valence-corrected chi connectivity index (χ3v) is 5.95. The fraction of sp³-hybridized carbons (Fsp3) is 0.636. The van der Waals surface area contributed by atoms with Gasteiger partial charge in [-0.3, -0.25) is 4.79 Å². The molecule has 2 unspecified atom stereocenters. The Bertz CT molecular complexity index is 720. The first-order valence-corrected chi connectivity index (χ1v) is 11.0. The van der Waals surface area contributed by atoms with E-state index in [0.717, 1.165) is 37.9 Å². The topological polar surface area (TPSA) is 50.4 Å². The Kier molecular flexibility index (Phi) is 7.80. The first-order chi connectivity index (χ1) is 13.1. The van der Waals surface area contributed by atoms with Crippen molar-refractivity contribution in [1.82, 2.24) is 10.6 Å². The zero-order valence-corrected chi connectivity index (χ0v) is 19.4. The minimum absolute atomic E-state index is 0.00885. The largest absolute Gasteiger partial charge is 0.432 e. The lowest BCUT2D eigenvalue weighted by Gasteiger charge is -2.46. The summed E-state index contributed by atoms with van der Waals surface area (Å²) >= 11 is 9.37. The molecule has 1 fully saturated rings. The summed E-state index contributed by atoms with van der Waals surface area (Å²) in [5.74, 6) is 0.841. The number of carbonyl (C=O) groups excluding carboxylic acids is 1. The van der Waals surface area contributed by atoms with E-state index in [1.54, 1.807) is 0 Å². The monoisotopic (exact) mass is 422 g/mol. The van der Waals surface area contributed by atoms with E-state index in [1.165, 1.54) is 11.1 Å². The second kappa shape index (κ2) is 9.49. The predicted octanol–water partition coefficient (Wildman–Crippen LogP) is 5.29. The summed E-state index contributed by atoms with van der Waals surface area (Å²) in [6, 6.07) is 6.27. The minimum Gasteiger partial charge on any atom is -0.432 e. The molecule has 0 saturated heterocycles. The molecular weight excluding hydrogens is 388 g/mol. The summed E-state index contributed by atoms with van der Waals surface area (Å²) in [5.41, 5.74) is 2.67. The zero-order chi connectivity index (χ0) is 20.9. The van der Waals surface area contributed by atoms with Crippen molar-refractivity contribution in [2.75, 3.05) is 6.54 Å². The molecule has 1 saturated carbocycles. The number of amides is 1. The average molecular weight is 423 g/mol. The van der Waals surface area contributed by atoms with Gasteiger partial charge in [-0.15, -0.1) is 0 Å².